The predicted molar refractivity (Wildman–Crippen MR) is 77.0 cm³/mol. The van der Waals surface area contributed by atoms with Crippen molar-refractivity contribution in [2.75, 3.05) is 7.11 Å². The van der Waals surface area contributed by atoms with Crippen LogP contribution >= 0.6 is 11.6 Å². The summed E-state index contributed by atoms with van der Waals surface area (Å²) in [5, 5.41) is -0.302. The Hall–Kier alpha value is -2.12. The molecule has 0 amide bonds. The lowest BCUT2D eigenvalue weighted by atomic mass is 10.2. The summed E-state index contributed by atoms with van der Waals surface area (Å²) in [5.41, 5.74) is 0.125. The molecule has 22 heavy (non-hydrogen) atoms. The highest BCUT2D eigenvalue weighted by Gasteiger charge is 2.21. The molecule has 0 radical (unpaired) electrons. The maximum absolute atomic E-state index is 13.0. The predicted octanol–water partition coefficient (Wildman–Crippen LogP) is 3.03. The third-order valence-electron chi connectivity index (χ3n) is 2.62. The van der Waals surface area contributed by atoms with Gasteiger partial charge in [0.1, 0.15) is 16.5 Å². The van der Waals surface area contributed by atoms with Crippen LogP contribution in [0.1, 0.15) is 10.4 Å². The molecular weight excluding hydrogens is 335 g/mol. The van der Waals surface area contributed by atoms with Crippen molar-refractivity contribution in [2.45, 2.75) is 4.90 Å². The van der Waals surface area contributed by atoms with Gasteiger partial charge in [-0.2, -0.15) is 8.42 Å². The zero-order valence-electron chi connectivity index (χ0n) is 11.2. The second-order valence-electron chi connectivity index (χ2n) is 4.13. The summed E-state index contributed by atoms with van der Waals surface area (Å²) < 4.78 is 46.7. The van der Waals surface area contributed by atoms with E-state index >= 15 is 0 Å². The van der Waals surface area contributed by atoms with E-state index in [1.165, 1.54) is 31.4 Å². The van der Waals surface area contributed by atoms with Gasteiger partial charge in [-0.25, -0.2) is 9.18 Å². The number of esters is 1. The van der Waals surface area contributed by atoms with Gasteiger partial charge in [0.2, 0.25) is 0 Å². The van der Waals surface area contributed by atoms with E-state index in [9.17, 15) is 17.6 Å². The molecule has 2 aromatic rings. The molecule has 2 aromatic carbocycles. The van der Waals surface area contributed by atoms with Gasteiger partial charge in [-0.15, -0.1) is 0 Å². The minimum absolute atomic E-state index is 0.0942. The highest BCUT2D eigenvalue weighted by molar-refractivity contribution is 7.87. The number of carbonyl (C=O) groups is 1. The van der Waals surface area contributed by atoms with Crippen LogP contribution in [0.4, 0.5) is 4.39 Å². The molecule has 116 valence electrons. The number of benzene rings is 2. The molecule has 5 nitrogen and oxygen atoms in total. The molecule has 0 saturated heterocycles. The first-order valence-corrected chi connectivity index (χ1v) is 7.70. The maximum atomic E-state index is 13.0. The number of hydrogen-bond donors (Lipinski definition) is 0. The van der Waals surface area contributed by atoms with Gasteiger partial charge >= 0.3 is 16.1 Å². The second-order valence-corrected chi connectivity index (χ2v) is 6.05. The number of hydrogen-bond acceptors (Lipinski definition) is 5. The SMILES string of the molecule is COC(=O)c1cccc(OS(=O)(=O)c2ccc(F)cc2Cl)c1. The first kappa shape index (κ1) is 16.3. The van der Waals surface area contributed by atoms with Gasteiger partial charge < -0.3 is 8.92 Å². The Morgan fingerprint density at radius 2 is 1.91 bits per heavy atom. The molecule has 0 fully saturated rings. The summed E-state index contributed by atoms with van der Waals surface area (Å²) in [6.45, 7) is 0. The third kappa shape index (κ3) is 3.55. The van der Waals surface area contributed by atoms with Crippen molar-refractivity contribution in [3.63, 3.8) is 0 Å². The zero-order chi connectivity index (χ0) is 16.3. The molecule has 2 rings (SSSR count). The number of halogens is 2. The van der Waals surface area contributed by atoms with Gasteiger partial charge in [0, 0.05) is 0 Å². The molecule has 0 N–H and O–H groups in total. The van der Waals surface area contributed by atoms with E-state index in [4.69, 9.17) is 15.8 Å². The van der Waals surface area contributed by atoms with Gasteiger partial charge in [0.05, 0.1) is 17.7 Å². The summed E-state index contributed by atoms with van der Waals surface area (Å²) in [7, 11) is -3.06. The van der Waals surface area contributed by atoms with Gasteiger partial charge in [0.25, 0.3) is 0 Å². The molecule has 0 aliphatic rings. The quantitative estimate of drug-likeness (QED) is 0.630. The van der Waals surface area contributed by atoms with Crippen molar-refractivity contribution in [3.05, 3.63) is 58.9 Å². The lowest BCUT2D eigenvalue weighted by Crippen LogP contribution is -2.11. The van der Waals surface area contributed by atoms with Crippen LogP contribution in [0.2, 0.25) is 5.02 Å². The van der Waals surface area contributed by atoms with E-state index in [0.717, 1.165) is 18.2 Å². The molecule has 0 bridgehead atoms. The molecule has 0 aromatic heterocycles. The molecule has 0 heterocycles. The van der Waals surface area contributed by atoms with Crippen LogP contribution in [0.3, 0.4) is 0 Å². The fourth-order valence-corrected chi connectivity index (χ4v) is 3.07. The standard InChI is InChI=1S/C14H10ClFO5S/c1-20-14(17)9-3-2-4-11(7-9)21-22(18,19)13-6-5-10(16)8-12(13)15/h2-8H,1H3. The molecule has 0 saturated carbocycles. The van der Waals surface area contributed by atoms with Crippen LogP contribution in [0.15, 0.2) is 47.4 Å². The number of methoxy groups -OCH3 is 1. The zero-order valence-corrected chi connectivity index (χ0v) is 12.8. The summed E-state index contributed by atoms with van der Waals surface area (Å²) in [5.74, 6) is -1.40. The van der Waals surface area contributed by atoms with Gasteiger partial charge in [-0.3, -0.25) is 0 Å². The van der Waals surface area contributed by atoms with Crippen LogP contribution in [0.25, 0.3) is 0 Å². The first-order valence-electron chi connectivity index (χ1n) is 5.91. The van der Waals surface area contributed by atoms with Crippen LogP contribution in [-0.2, 0) is 14.9 Å². The second kappa shape index (κ2) is 6.33. The van der Waals surface area contributed by atoms with E-state index in [1.807, 2.05) is 0 Å². The van der Waals surface area contributed by atoms with Crippen molar-refractivity contribution in [1.82, 2.24) is 0 Å². The van der Waals surface area contributed by atoms with Crippen LogP contribution in [-0.4, -0.2) is 21.5 Å². The third-order valence-corrected chi connectivity index (χ3v) is 4.36. The highest BCUT2D eigenvalue weighted by Crippen LogP contribution is 2.26. The van der Waals surface area contributed by atoms with Crippen LogP contribution in [0, 0.1) is 5.82 Å². The number of ether oxygens (including phenoxy) is 1. The van der Waals surface area contributed by atoms with E-state index in [2.05, 4.69) is 4.74 Å². The van der Waals surface area contributed by atoms with Crippen molar-refractivity contribution in [2.24, 2.45) is 0 Å². The van der Waals surface area contributed by atoms with E-state index < -0.39 is 21.9 Å². The Kier molecular flexibility index (Phi) is 4.68. The monoisotopic (exact) mass is 344 g/mol. The molecule has 0 aliphatic carbocycles. The fourth-order valence-electron chi connectivity index (χ4n) is 1.64. The molecule has 0 unspecified atom stereocenters. The van der Waals surface area contributed by atoms with E-state index in [0.29, 0.717) is 0 Å². The lowest BCUT2D eigenvalue weighted by Gasteiger charge is -2.09. The topological polar surface area (TPSA) is 69.7 Å². The minimum Gasteiger partial charge on any atom is -0.465 e. The van der Waals surface area contributed by atoms with Gasteiger partial charge in [0.15, 0.2) is 0 Å². The molecule has 0 aliphatic heterocycles. The normalized spacial score (nSPS) is 11.0. The summed E-state index contributed by atoms with van der Waals surface area (Å²) >= 11 is 5.71. The fraction of sp³-hybridized carbons (Fsp3) is 0.0714. The lowest BCUT2D eigenvalue weighted by molar-refractivity contribution is 0.0600. The van der Waals surface area contributed by atoms with Crippen molar-refractivity contribution < 1.29 is 26.5 Å². The minimum atomic E-state index is -4.26. The number of rotatable bonds is 4. The smallest absolute Gasteiger partial charge is 0.340 e. The van der Waals surface area contributed by atoms with E-state index in [-0.39, 0.29) is 21.2 Å². The average molecular weight is 345 g/mol. The summed E-state index contributed by atoms with van der Waals surface area (Å²) in [6.07, 6.45) is 0. The molecule has 0 atom stereocenters. The summed E-state index contributed by atoms with van der Waals surface area (Å²) in [4.78, 5) is 11.0. The molecule has 8 heteroatoms. The highest BCUT2D eigenvalue weighted by atomic mass is 35.5. The van der Waals surface area contributed by atoms with Crippen molar-refractivity contribution >= 4 is 27.7 Å². The van der Waals surface area contributed by atoms with Gasteiger partial charge in [-0.1, -0.05) is 17.7 Å². The number of carbonyl (C=O) groups excluding carboxylic acids is 1. The van der Waals surface area contributed by atoms with Gasteiger partial charge in [-0.05, 0) is 36.4 Å². The largest absolute Gasteiger partial charge is 0.465 e. The Balaban J connectivity index is 2.35. The average Bonchev–Trinajstić information content (AvgIpc) is 2.45. The maximum Gasteiger partial charge on any atom is 0.340 e. The van der Waals surface area contributed by atoms with Crippen LogP contribution < -0.4 is 4.18 Å². The van der Waals surface area contributed by atoms with Crippen molar-refractivity contribution in [3.8, 4) is 5.75 Å². The molecular formula is C14H10ClFO5S. The Bertz CT molecular complexity index is 820. The first-order chi connectivity index (χ1) is 10.3. The Morgan fingerprint density at radius 3 is 2.55 bits per heavy atom. The summed E-state index contributed by atoms with van der Waals surface area (Å²) in [6, 6.07) is 8.24. The van der Waals surface area contributed by atoms with E-state index in [1.54, 1.807) is 0 Å². The molecule has 0 spiro atoms. The van der Waals surface area contributed by atoms with Crippen molar-refractivity contribution in [1.29, 1.82) is 0 Å². The van der Waals surface area contributed by atoms with Crippen LogP contribution in [0.5, 0.6) is 5.75 Å². The Morgan fingerprint density at radius 1 is 1.18 bits per heavy atom. The Labute approximate surface area is 131 Å².